The molecule has 0 aliphatic rings. The zero-order chi connectivity index (χ0) is 19.3. The predicted octanol–water partition coefficient (Wildman–Crippen LogP) is 4.55. The molecule has 0 bridgehead atoms. The van der Waals surface area contributed by atoms with Crippen LogP contribution >= 0.6 is 0 Å². The minimum absolute atomic E-state index is 0.141. The summed E-state index contributed by atoms with van der Waals surface area (Å²) in [4.78, 5) is 11.8. The van der Waals surface area contributed by atoms with Crippen LogP contribution in [0, 0.1) is 0 Å². The number of amides is 2. The van der Waals surface area contributed by atoms with Crippen molar-refractivity contribution in [3.8, 4) is 0 Å². The monoisotopic (exact) mass is 367 g/mol. The molecule has 3 N–H and O–H groups in total. The van der Waals surface area contributed by atoms with Crippen LogP contribution in [0.15, 0.2) is 48.5 Å². The van der Waals surface area contributed by atoms with Gasteiger partial charge in [0.2, 0.25) is 0 Å². The van der Waals surface area contributed by atoms with Gasteiger partial charge in [-0.05, 0) is 67.6 Å². The molecule has 0 radical (unpaired) electrons. The molecule has 0 saturated carbocycles. The Balaban J connectivity index is 1.73. The quantitative estimate of drug-likeness (QED) is 0.511. The SMILES string of the molecule is CCCNC(=O)Nc1cccc(CCNCCc2ccccc2CCC)c1. The van der Waals surface area contributed by atoms with Crippen molar-refractivity contribution in [2.75, 3.05) is 25.0 Å². The molecule has 27 heavy (non-hydrogen) atoms. The maximum absolute atomic E-state index is 11.8. The fourth-order valence-electron chi connectivity index (χ4n) is 3.11. The largest absolute Gasteiger partial charge is 0.338 e. The van der Waals surface area contributed by atoms with Gasteiger partial charge in [0.15, 0.2) is 0 Å². The third kappa shape index (κ3) is 7.83. The number of benzene rings is 2. The highest BCUT2D eigenvalue weighted by molar-refractivity contribution is 5.89. The number of hydrogen-bond acceptors (Lipinski definition) is 2. The molecule has 0 aliphatic heterocycles. The first kappa shape index (κ1) is 21.0. The molecule has 2 aromatic carbocycles. The first-order valence-corrected chi connectivity index (χ1v) is 10.1. The van der Waals surface area contributed by atoms with Crippen LogP contribution in [0.25, 0.3) is 0 Å². The van der Waals surface area contributed by atoms with E-state index in [4.69, 9.17) is 0 Å². The second-order valence-corrected chi connectivity index (χ2v) is 6.85. The van der Waals surface area contributed by atoms with Gasteiger partial charge < -0.3 is 16.0 Å². The summed E-state index contributed by atoms with van der Waals surface area (Å²) < 4.78 is 0. The average Bonchev–Trinajstić information content (AvgIpc) is 2.68. The number of rotatable bonds is 11. The minimum atomic E-state index is -0.141. The highest BCUT2D eigenvalue weighted by Gasteiger charge is 2.03. The number of nitrogens with one attached hydrogen (secondary N) is 3. The zero-order valence-corrected chi connectivity index (χ0v) is 16.7. The topological polar surface area (TPSA) is 53.2 Å². The molecule has 0 spiro atoms. The predicted molar refractivity (Wildman–Crippen MR) is 114 cm³/mol. The van der Waals surface area contributed by atoms with Gasteiger partial charge in [0.1, 0.15) is 0 Å². The number of urea groups is 1. The van der Waals surface area contributed by atoms with E-state index >= 15 is 0 Å². The van der Waals surface area contributed by atoms with Gasteiger partial charge >= 0.3 is 6.03 Å². The Labute approximate surface area is 163 Å². The normalized spacial score (nSPS) is 10.6. The Kier molecular flexibility index (Phi) is 9.42. The van der Waals surface area contributed by atoms with E-state index in [1.807, 2.05) is 25.1 Å². The lowest BCUT2D eigenvalue weighted by Crippen LogP contribution is -2.29. The third-order valence-corrected chi connectivity index (χ3v) is 4.52. The van der Waals surface area contributed by atoms with E-state index in [0.29, 0.717) is 6.54 Å². The molecule has 2 aromatic rings. The third-order valence-electron chi connectivity index (χ3n) is 4.52. The van der Waals surface area contributed by atoms with E-state index in [9.17, 15) is 4.79 Å². The number of carbonyl (C=O) groups is 1. The van der Waals surface area contributed by atoms with Gasteiger partial charge in [-0.25, -0.2) is 4.79 Å². The summed E-state index contributed by atoms with van der Waals surface area (Å²) in [6.45, 7) is 6.87. The molecule has 0 aliphatic carbocycles. The summed E-state index contributed by atoms with van der Waals surface area (Å²) >= 11 is 0. The summed E-state index contributed by atoms with van der Waals surface area (Å²) in [6, 6.07) is 16.7. The maximum Gasteiger partial charge on any atom is 0.319 e. The molecular weight excluding hydrogens is 334 g/mol. The van der Waals surface area contributed by atoms with Gasteiger partial charge in [-0.1, -0.05) is 56.7 Å². The molecule has 0 saturated heterocycles. The lowest BCUT2D eigenvalue weighted by Gasteiger charge is -2.10. The summed E-state index contributed by atoms with van der Waals surface area (Å²) in [5.41, 5.74) is 5.00. The molecule has 0 heterocycles. The van der Waals surface area contributed by atoms with Crippen molar-refractivity contribution in [3.05, 3.63) is 65.2 Å². The minimum Gasteiger partial charge on any atom is -0.338 e. The maximum atomic E-state index is 11.8. The first-order valence-electron chi connectivity index (χ1n) is 10.1. The van der Waals surface area contributed by atoms with E-state index in [-0.39, 0.29) is 6.03 Å². The fourth-order valence-corrected chi connectivity index (χ4v) is 3.11. The molecule has 0 unspecified atom stereocenters. The lowest BCUT2D eigenvalue weighted by atomic mass is 10.0. The number of hydrogen-bond donors (Lipinski definition) is 3. The Hall–Kier alpha value is -2.33. The van der Waals surface area contributed by atoms with Crippen LogP contribution in [-0.2, 0) is 19.3 Å². The molecule has 0 aromatic heterocycles. The number of aryl methyl sites for hydroxylation is 1. The number of anilines is 1. The fraction of sp³-hybridized carbons (Fsp3) is 0.435. The molecule has 2 rings (SSSR count). The molecule has 0 atom stereocenters. The van der Waals surface area contributed by atoms with Gasteiger partial charge in [-0.2, -0.15) is 0 Å². The van der Waals surface area contributed by atoms with Crippen LogP contribution in [0.4, 0.5) is 10.5 Å². The van der Waals surface area contributed by atoms with Crippen molar-refractivity contribution in [1.29, 1.82) is 0 Å². The van der Waals surface area contributed by atoms with Crippen LogP contribution in [-0.4, -0.2) is 25.7 Å². The summed E-state index contributed by atoms with van der Waals surface area (Å²) in [6.07, 6.45) is 5.28. The molecular formula is C23H33N3O. The summed E-state index contributed by atoms with van der Waals surface area (Å²) in [5, 5.41) is 9.25. The van der Waals surface area contributed by atoms with E-state index in [1.165, 1.54) is 23.1 Å². The van der Waals surface area contributed by atoms with Crippen molar-refractivity contribution < 1.29 is 4.79 Å². The van der Waals surface area contributed by atoms with Gasteiger partial charge in [0.25, 0.3) is 0 Å². The Bertz CT molecular complexity index is 700. The van der Waals surface area contributed by atoms with Gasteiger partial charge in [-0.15, -0.1) is 0 Å². The van der Waals surface area contributed by atoms with Gasteiger partial charge in [0, 0.05) is 12.2 Å². The second-order valence-electron chi connectivity index (χ2n) is 6.85. The number of carbonyl (C=O) groups excluding carboxylic acids is 1. The second kappa shape index (κ2) is 12.1. The van der Waals surface area contributed by atoms with E-state index < -0.39 is 0 Å². The van der Waals surface area contributed by atoms with Crippen LogP contribution in [0.3, 0.4) is 0 Å². The van der Waals surface area contributed by atoms with Gasteiger partial charge in [-0.3, -0.25) is 0 Å². The van der Waals surface area contributed by atoms with E-state index in [2.05, 4.69) is 53.2 Å². The van der Waals surface area contributed by atoms with Crippen molar-refractivity contribution >= 4 is 11.7 Å². The Morgan fingerprint density at radius 1 is 0.815 bits per heavy atom. The van der Waals surface area contributed by atoms with Crippen molar-refractivity contribution in [2.24, 2.45) is 0 Å². The van der Waals surface area contributed by atoms with E-state index in [0.717, 1.165) is 44.5 Å². The molecule has 4 heteroatoms. The van der Waals surface area contributed by atoms with Crippen molar-refractivity contribution in [1.82, 2.24) is 10.6 Å². The molecule has 146 valence electrons. The van der Waals surface area contributed by atoms with Crippen LogP contribution < -0.4 is 16.0 Å². The smallest absolute Gasteiger partial charge is 0.319 e. The van der Waals surface area contributed by atoms with Crippen LogP contribution in [0.1, 0.15) is 43.4 Å². The van der Waals surface area contributed by atoms with E-state index in [1.54, 1.807) is 0 Å². The Morgan fingerprint density at radius 2 is 1.56 bits per heavy atom. The zero-order valence-electron chi connectivity index (χ0n) is 16.7. The van der Waals surface area contributed by atoms with Crippen LogP contribution in [0.5, 0.6) is 0 Å². The first-order chi connectivity index (χ1) is 13.2. The summed E-state index contributed by atoms with van der Waals surface area (Å²) in [7, 11) is 0. The Morgan fingerprint density at radius 3 is 2.30 bits per heavy atom. The molecule has 4 nitrogen and oxygen atoms in total. The molecule has 0 fully saturated rings. The molecule has 2 amide bonds. The standard InChI is InChI=1S/C23H33N3O/c1-3-8-20-10-5-6-11-21(20)14-17-24-16-13-19-9-7-12-22(18-19)26-23(27)25-15-4-2/h5-7,9-12,18,24H,3-4,8,13-17H2,1-2H3,(H2,25,26,27). The summed E-state index contributed by atoms with van der Waals surface area (Å²) in [5.74, 6) is 0. The van der Waals surface area contributed by atoms with Crippen LogP contribution in [0.2, 0.25) is 0 Å². The highest BCUT2D eigenvalue weighted by Crippen LogP contribution is 2.12. The average molecular weight is 368 g/mol. The van der Waals surface area contributed by atoms with Crippen molar-refractivity contribution in [2.45, 2.75) is 46.0 Å². The van der Waals surface area contributed by atoms with Crippen molar-refractivity contribution in [3.63, 3.8) is 0 Å². The highest BCUT2D eigenvalue weighted by atomic mass is 16.2. The van der Waals surface area contributed by atoms with Gasteiger partial charge in [0.05, 0.1) is 0 Å². The lowest BCUT2D eigenvalue weighted by molar-refractivity contribution is 0.252.